The van der Waals surface area contributed by atoms with Crippen molar-refractivity contribution in [2.45, 2.75) is 46.2 Å². The van der Waals surface area contributed by atoms with Gasteiger partial charge in [-0.3, -0.25) is 9.69 Å². The summed E-state index contributed by atoms with van der Waals surface area (Å²) < 4.78 is 2.28. The molecule has 1 aliphatic heterocycles. The van der Waals surface area contributed by atoms with Crippen LogP contribution in [-0.4, -0.2) is 35.0 Å². The molecular formula is C20H28ClN3O. The third-order valence-corrected chi connectivity index (χ3v) is 5.40. The molecule has 1 saturated heterocycles. The third-order valence-electron chi connectivity index (χ3n) is 5.17. The molecule has 5 heteroatoms. The van der Waals surface area contributed by atoms with Gasteiger partial charge in [0.25, 0.3) is 0 Å². The van der Waals surface area contributed by atoms with Crippen LogP contribution in [0.1, 0.15) is 38.7 Å². The Morgan fingerprint density at radius 1 is 1.28 bits per heavy atom. The molecule has 0 saturated carbocycles. The number of rotatable bonds is 6. The average molecular weight is 362 g/mol. The van der Waals surface area contributed by atoms with E-state index in [1.54, 1.807) is 0 Å². The van der Waals surface area contributed by atoms with Gasteiger partial charge in [0.15, 0.2) is 0 Å². The molecule has 0 radical (unpaired) electrons. The van der Waals surface area contributed by atoms with Gasteiger partial charge < -0.3 is 9.88 Å². The summed E-state index contributed by atoms with van der Waals surface area (Å²) in [6, 6.07) is 6.14. The van der Waals surface area contributed by atoms with Crippen molar-refractivity contribution >= 4 is 28.4 Å². The van der Waals surface area contributed by atoms with Crippen molar-refractivity contribution in [1.29, 1.82) is 0 Å². The second-order valence-corrected chi connectivity index (χ2v) is 7.38. The smallest absolute Gasteiger partial charge is 0.223 e. The summed E-state index contributed by atoms with van der Waals surface area (Å²) in [4.78, 5) is 14.6. The van der Waals surface area contributed by atoms with Crippen LogP contribution >= 0.6 is 11.6 Å². The zero-order chi connectivity index (χ0) is 17.8. The lowest BCUT2D eigenvalue weighted by Gasteiger charge is -2.31. The molecule has 0 unspecified atom stereocenters. The van der Waals surface area contributed by atoms with E-state index in [2.05, 4.69) is 47.0 Å². The predicted molar refractivity (Wildman–Crippen MR) is 104 cm³/mol. The molecule has 1 aliphatic rings. The second-order valence-electron chi connectivity index (χ2n) is 6.94. The maximum absolute atomic E-state index is 12.1. The molecule has 2 heterocycles. The van der Waals surface area contributed by atoms with Gasteiger partial charge in [0.2, 0.25) is 5.91 Å². The van der Waals surface area contributed by atoms with Crippen LogP contribution < -0.4 is 5.32 Å². The fourth-order valence-corrected chi connectivity index (χ4v) is 3.89. The number of halogens is 1. The predicted octanol–water partition coefficient (Wildman–Crippen LogP) is 4.05. The summed E-state index contributed by atoms with van der Waals surface area (Å²) in [5.74, 6) is 0.407. The summed E-state index contributed by atoms with van der Waals surface area (Å²) in [6.45, 7) is 8.87. The molecule has 1 fully saturated rings. The Labute approximate surface area is 155 Å². The summed E-state index contributed by atoms with van der Waals surface area (Å²) in [5, 5.41) is 5.07. The fourth-order valence-electron chi connectivity index (χ4n) is 3.72. The molecule has 0 bridgehead atoms. The maximum atomic E-state index is 12.1. The van der Waals surface area contributed by atoms with Crippen molar-refractivity contribution in [3.05, 3.63) is 35.0 Å². The highest BCUT2D eigenvalue weighted by molar-refractivity contribution is 6.31. The number of likely N-dealkylation sites (tertiary alicyclic amines) is 1. The lowest BCUT2D eigenvalue weighted by Crippen LogP contribution is -2.40. The molecule has 1 aromatic heterocycles. The first-order chi connectivity index (χ1) is 12.1. The highest BCUT2D eigenvalue weighted by Crippen LogP contribution is 2.27. The van der Waals surface area contributed by atoms with Crippen LogP contribution in [0.4, 0.5) is 0 Å². The largest absolute Gasteiger partial charge is 0.356 e. The Kier molecular flexibility index (Phi) is 6.02. The number of amides is 1. The van der Waals surface area contributed by atoms with Crippen molar-refractivity contribution in [3.8, 4) is 0 Å². The highest BCUT2D eigenvalue weighted by atomic mass is 35.5. The lowest BCUT2D eigenvalue weighted by molar-refractivity contribution is -0.126. The SMILES string of the molecule is CCCNC(=O)C1CCN(Cc2cn(CC)c3ccc(Cl)cc23)CC1. The molecule has 1 N–H and O–H groups in total. The number of carbonyl (C=O) groups is 1. The molecule has 3 rings (SSSR count). The van der Waals surface area contributed by atoms with Gasteiger partial charge in [0.05, 0.1) is 0 Å². The molecule has 136 valence electrons. The number of piperidine rings is 1. The summed E-state index contributed by atoms with van der Waals surface area (Å²) in [6.07, 6.45) is 5.14. The van der Waals surface area contributed by atoms with Crippen LogP contribution in [0.2, 0.25) is 5.02 Å². The second kappa shape index (κ2) is 8.24. The number of hydrogen-bond acceptors (Lipinski definition) is 2. The van der Waals surface area contributed by atoms with E-state index in [4.69, 9.17) is 11.6 Å². The number of aryl methyl sites for hydroxylation is 1. The minimum absolute atomic E-state index is 0.175. The minimum atomic E-state index is 0.175. The number of aromatic nitrogens is 1. The molecule has 1 amide bonds. The molecule has 1 aromatic carbocycles. The first-order valence-electron chi connectivity index (χ1n) is 9.39. The Morgan fingerprint density at radius 2 is 2.04 bits per heavy atom. The van der Waals surface area contributed by atoms with Crippen molar-refractivity contribution < 1.29 is 4.79 Å². The van der Waals surface area contributed by atoms with Crippen LogP contribution in [0.15, 0.2) is 24.4 Å². The van der Waals surface area contributed by atoms with Crippen LogP contribution in [0.3, 0.4) is 0 Å². The van der Waals surface area contributed by atoms with E-state index in [0.29, 0.717) is 0 Å². The van der Waals surface area contributed by atoms with E-state index in [1.807, 2.05) is 6.07 Å². The van der Waals surface area contributed by atoms with Gasteiger partial charge in [-0.25, -0.2) is 0 Å². The molecule has 0 atom stereocenters. The van der Waals surface area contributed by atoms with Crippen molar-refractivity contribution in [3.63, 3.8) is 0 Å². The summed E-state index contributed by atoms with van der Waals surface area (Å²) in [7, 11) is 0. The van der Waals surface area contributed by atoms with E-state index in [-0.39, 0.29) is 11.8 Å². The first kappa shape index (κ1) is 18.3. The van der Waals surface area contributed by atoms with Crippen LogP contribution in [-0.2, 0) is 17.9 Å². The third kappa shape index (κ3) is 4.18. The highest BCUT2D eigenvalue weighted by Gasteiger charge is 2.25. The van der Waals surface area contributed by atoms with Gasteiger partial charge in [0, 0.05) is 47.7 Å². The Hall–Kier alpha value is -1.52. The first-order valence-corrected chi connectivity index (χ1v) is 9.77. The topological polar surface area (TPSA) is 37.3 Å². The number of benzene rings is 1. The summed E-state index contributed by atoms with van der Waals surface area (Å²) in [5.41, 5.74) is 2.57. The van der Waals surface area contributed by atoms with Crippen molar-refractivity contribution in [1.82, 2.24) is 14.8 Å². The van der Waals surface area contributed by atoms with E-state index < -0.39 is 0 Å². The van der Waals surface area contributed by atoms with Crippen molar-refractivity contribution in [2.75, 3.05) is 19.6 Å². The van der Waals surface area contributed by atoms with Gasteiger partial charge in [-0.2, -0.15) is 0 Å². The van der Waals surface area contributed by atoms with E-state index in [0.717, 1.165) is 57.0 Å². The van der Waals surface area contributed by atoms with Crippen molar-refractivity contribution in [2.24, 2.45) is 5.92 Å². The number of carbonyl (C=O) groups excluding carboxylic acids is 1. The van der Waals surface area contributed by atoms with E-state index in [9.17, 15) is 4.79 Å². The molecule has 0 aliphatic carbocycles. The lowest BCUT2D eigenvalue weighted by atomic mass is 9.95. The van der Waals surface area contributed by atoms with Gasteiger partial charge in [-0.05, 0) is 63.0 Å². The number of fused-ring (bicyclic) bond motifs is 1. The Bertz CT molecular complexity index is 732. The number of nitrogens with one attached hydrogen (secondary N) is 1. The van der Waals surface area contributed by atoms with Gasteiger partial charge in [-0.15, -0.1) is 0 Å². The minimum Gasteiger partial charge on any atom is -0.356 e. The van der Waals surface area contributed by atoms with Crippen LogP contribution in [0.25, 0.3) is 10.9 Å². The fraction of sp³-hybridized carbons (Fsp3) is 0.550. The average Bonchev–Trinajstić information content (AvgIpc) is 2.97. The number of hydrogen-bond donors (Lipinski definition) is 1. The van der Waals surface area contributed by atoms with Gasteiger partial charge >= 0.3 is 0 Å². The molecule has 2 aromatic rings. The quantitative estimate of drug-likeness (QED) is 0.842. The molecule has 25 heavy (non-hydrogen) atoms. The van der Waals surface area contributed by atoms with E-state index in [1.165, 1.54) is 16.5 Å². The van der Waals surface area contributed by atoms with Gasteiger partial charge in [0.1, 0.15) is 0 Å². The molecule has 4 nitrogen and oxygen atoms in total. The van der Waals surface area contributed by atoms with Crippen LogP contribution in [0.5, 0.6) is 0 Å². The van der Waals surface area contributed by atoms with Gasteiger partial charge in [-0.1, -0.05) is 18.5 Å². The summed E-state index contributed by atoms with van der Waals surface area (Å²) >= 11 is 6.21. The van der Waals surface area contributed by atoms with E-state index >= 15 is 0 Å². The maximum Gasteiger partial charge on any atom is 0.223 e. The molecular weight excluding hydrogens is 334 g/mol. The zero-order valence-corrected chi connectivity index (χ0v) is 16.0. The molecule has 0 spiro atoms. The number of nitrogens with zero attached hydrogens (tertiary/aromatic N) is 2. The Morgan fingerprint density at radius 3 is 2.72 bits per heavy atom. The standard InChI is InChI=1S/C20H28ClN3O/c1-3-9-22-20(25)15-7-10-23(11-8-15)13-16-14-24(4-2)19-6-5-17(21)12-18(16)19/h5-6,12,14-15H,3-4,7-11,13H2,1-2H3,(H,22,25). The normalized spacial score (nSPS) is 16.4. The zero-order valence-electron chi connectivity index (χ0n) is 15.2. The Balaban J connectivity index is 1.65. The van der Waals surface area contributed by atoms with Crippen LogP contribution in [0, 0.1) is 5.92 Å². The monoisotopic (exact) mass is 361 g/mol.